The van der Waals surface area contributed by atoms with Crippen LogP contribution in [-0.2, 0) is 26.2 Å². The van der Waals surface area contributed by atoms with Crippen LogP contribution in [0.1, 0.15) is 32.8 Å². The molecular weight excluding hydrogens is 557 g/mol. The monoisotopic (exact) mass is 589 g/mol. The largest absolute Gasteiger partial charge is 0.497 e. The van der Waals surface area contributed by atoms with Gasteiger partial charge >= 0.3 is 0 Å². The number of hydrogen-bond donors (Lipinski definition) is 1. The van der Waals surface area contributed by atoms with E-state index < -0.39 is 40.2 Å². The molecule has 2 amide bonds. The molecule has 0 aliphatic rings. The first kappa shape index (κ1) is 30.9. The summed E-state index contributed by atoms with van der Waals surface area (Å²) in [5.41, 5.74) is 0.381. The lowest BCUT2D eigenvalue weighted by Gasteiger charge is -2.32. The predicted octanol–water partition coefficient (Wildman–Crippen LogP) is 5.02. The summed E-state index contributed by atoms with van der Waals surface area (Å²) < 4.78 is 48.3. The van der Waals surface area contributed by atoms with E-state index in [1.54, 1.807) is 6.07 Å². The average Bonchev–Trinajstić information content (AvgIpc) is 2.95. The Morgan fingerprint density at radius 1 is 1.00 bits per heavy atom. The number of ether oxygens (including phenoxy) is 1. The Morgan fingerprint density at radius 3 is 2.20 bits per heavy atom. The Hall–Kier alpha value is -3.63. The second-order valence-corrected chi connectivity index (χ2v) is 11.6. The zero-order valence-electron chi connectivity index (χ0n) is 22.8. The molecule has 0 spiro atoms. The van der Waals surface area contributed by atoms with Crippen LogP contribution >= 0.6 is 11.6 Å². The lowest BCUT2D eigenvalue weighted by Crippen LogP contribution is -2.52. The molecular formula is C29H33ClFN3O5S. The molecule has 3 aromatic carbocycles. The van der Waals surface area contributed by atoms with Crippen LogP contribution in [-0.4, -0.2) is 50.9 Å². The summed E-state index contributed by atoms with van der Waals surface area (Å²) in [4.78, 5) is 28.0. The second-order valence-electron chi connectivity index (χ2n) is 9.27. The molecule has 0 unspecified atom stereocenters. The van der Waals surface area contributed by atoms with Gasteiger partial charge in [-0.2, -0.15) is 0 Å². The summed E-state index contributed by atoms with van der Waals surface area (Å²) in [6.07, 6.45) is 0.671. The van der Waals surface area contributed by atoms with Crippen molar-refractivity contribution >= 4 is 39.1 Å². The number of nitrogens with one attached hydrogen (secondary N) is 1. The summed E-state index contributed by atoms with van der Waals surface area (Å²) >= 11 is 6.04. The van der Waals surface area contributed by atoms with E-state index in [1.807, 2.05) is 13.8 Å². The molecule has 1 N–H and O–H groups in total. The third-order valence-corrected chi connectivity index (χ3v) is 8.55. The maximum Gasteiger partial charge on any atom is 0.264 e. The lowest BCUT2D eigenvalue weighted by atomic mass is 10.1. The van der Waals surface area contributed by atoms with Crippen molar-refractivity contribution in [1.82, 2.24) is 10.2 Å². The van der Waals surface area contributed by atoms with Crippen molar-refractivity contribution in [2.24, 2.45) is 0 Å². The minimum absolute atomic E-state index is 0.0701. The molecule has 0 heterocycles. The van der Waals surface area contributed by atoms with Gasteiger partial charge in [-0.3, -0.25) is 13.9 Å². The van der Waals surface area contributed by atoms with Crippen LogP contribution in [0.4, 0.5) is 10.1 Å². The van der Waals surface area contributed by atoms with E-state index in [0.717, 1.165) is 4.31 Å². The smallest absolute Gasteiger partial charge is 0.264 e. The SMILES string of the molecule is CC[C@H](C)NC(=O)[C@@H](C)N(Cc1ccccc1F)C(=O)CN(c1ccc(Cl)cc1)S(=O)(=O)c1ccc(OC)cc1. The second kappa shape index (κ2) is 13.6. The highest BCUT2D eigenvalue weighted by Crippen LogP contribution is 2.27. The zero-order chi connectivity index (χ0) is 29.4. The van der Waals surface area contributed by atoms with Gasteiger partial charge in [-0.25, -0.2) is 12.8 Å². The summed E-state index contributed by atoms with van der Waals surface area (Å²) in [6.45, 7) is 4.38. The summed E-state index contributed by atoms with van der Waals surface area (Å²) in [6, 6.07) is 16.5. The first-order valence-electron chi connectivity index (χ1n) is 12.7. The molecule has 2 atom stereocenters. The normalized spacial score (nSPS) is 12.8. The first-order valence-corrected chi connectivity index (χ1v) is 14.5. The van der Waals surface area contributed by atoms with Crippen LogP contribution in [0.3, 0.4) is 0 Å². The number of methoxy groups -OCH3 is 1. The standard InChI is InChI=1S/C29H33ClFN3O5S/c1-5-20(2)32-29(36)21(3)33(18-22-8-6-7-9-27(22)31)28(35)19-34(24-12-10-23(30)11-13-24)40(37,38)26-16-14-25(39-4)15-17-26/h6-17,20-21H,5,18-19H2,1-4H3,(H,32,36)/t20-,21+/m0/s1. The number of hydrogen-bond acceptors (Lipinski definition) is 5. The van der Waals surface area contributed by atoms with Gasteiger partial charge in [0.1, 0.15) is 24.2 Å². The van der Waals surface area contributed by atoms with Crippen molar-refractivity contribution in [2.45, 2.75) is 50.7 Å². The van der Waals surface area contributed by atoms with Crippen molar-refractivity contribution in [2.75, 3.05) is 18.0 Å². The Labute approximate surface area is 239 Å². The highest BCUT2D eigenvalue weighted by atomic mass is 35.5. The molecule has 0 aliphatic carbocycles. The molecule has 0 bridgehead atoms. The molecule has 11 heteroatoms. The summed E-state index contributed by atoms with van der Waals surface area (Å²) in [5.74, 6) is -1.21. The van der Waals surface area contributed by atoms with Gasteiger partial charge in [-0.1, -0.05) is 36.7 Å². The van der Waals surface area contributed by atoms with Crippen LogP contribution in [0, 0.1) is 5.82 Å². The van der Waals surface area contributed by atoms with Crippen molar-refractivity contribution in [3.05, 3.63) is 89.2 Å². The molecule has 0 aromatic heterocycles. The maximum atomic E-state index is 14.6. The minimum atomic E-state index is -4.26. The van der Waals surface area contributed by atoms with Gasteiger partial charge in [0.25, 0.3) is 10.0 Å². The van der Waals surface area contributed by atoms with E-state index in [1.165, 1.54) is 85.7 Å². The van der Waals surface area contributed by atoms with Gasteiger partial charge in [0.15, 0.2) is 0 Å². The van der Waals surface area contributed by atoms with Gasteiger partial charge in [0.05, 0.1) is 17.7 Å². The topological polar surface area (TPSA) is 96.0 Å². The first-order chi connectivity index (χ1) is 19.0. The van der Waals surface area contributed by atoms with Gasteiger partial charge in [0, 0.05) is 23.2 Å². The molecule has 214 valence electrons. The average molecular weight is 590 g/mol. The number of carbonyl (C=O) groups excluding carboxylic acids is 2. The highest BCUT2D eigenvalue weighted by Gasteiger charge is 2.33. The fourth-order valence-corrected chi connectivity index (χ4v) is 5.41. The molecule has 0 aliphatic heterocycles. The predicted molar refractivity (Wildman–Crippen MR) is 153 cm³/mol. The van der Waals surface area contributed by atoms with E-state index in [0.29, 0.717) is 17.2 Å². The third-order valence-electron chi connectivity index (χ3n) is 6.51. The molecule has 40 heavy (non-hydrogen) atoms. The number of carbonyl (C=O) groups is 2. The Balaban J connectivity index is 2.03. The highest BCUT2D eigenvalue weighted by molar-refractivity contribution is 7.92. The molecule has 0 radical (unpaired) electrons. The molecule has 3 aromatic rings. The number of nitrogens with zero attached hydrogens (tertiary/aromatic N) is 2. The van der Waals surface area contributed by atoms with Crippen molar-refractivity contribution in [1.29, 1.82) is 0 Å². The van der Waals surface area contributed by atoms with Crippen LogP contribution in [0.15, 0.2) is 77.7 Å². The van der Waals surface area contributed by atoms with Gasteiger partial charge in [-0.15, -0.1) is 0 Å². The van der Waals surface area contributed by atoms with Gasteiger partial charge < -0.3 is 15.0 Å². The third kappa shape index (κ3) is 7.51. The quantitative estimate of drug-likeness (QED) is 0.320. The molecule has 0 fully saturated rings. The van der Waals surface area contributed by atoms with E-state index in [9.17, 15) is 22.4 Å². The van der Waals surface area contributed by atoms with E-state index in [-0.39, 0.29) is 28.7 Å². The number of halogens is 2. The molecule has 0 saturated carbocycles. The molecule has 0 saturated heterocycles. The van der Waals surface area contributed by atoms with E-state index in [2.05, 4.69) is 5.32 Å². The number of rotatable bonds is 12. The fourth-order valence-electron chi connectivity index (χ4n) is 3.87. The van der Waals surface area contributed by atoms with Crippen LogP contribution in [0.5, 0.6) is 5.75 Å². The lowest BCUT2D eigenvalue weighted by molar-refractivity contribution is -0.139. The fraction of sp³-hybridized carbons (Fsp3) is 0.310. The van der Waals surface area contributed by atoms with E-state index >= 15 is 0 Å². The maximum absolute atomic E-state index is 14.6. The minimum Gasteiger partial charge on any atom is -0.497 e. The van der Waals surface area contributed by atoms with Crippen molar-refractivity contribution in [3.63, 3.8) is 0 Å². The number of sulfonamides is 1. The van der Waals surface area contributed by atoms with E-state index in [4.69, 9.17) is 16.3 Å². The number of anilines is 1. The summed E-state index contributed by atoms with van der Waals surface area (Å²) in [5, 5.41) is 3.22. The van der Waals surface area contributed by atoms with Crippen LogP contribution in [0.2, 0.25) is 5.02 Å². The Bertz CT molecular complexity index is 1420. The van der Waals surface area contributed by atoms with Gasteiger partial charge in [0.2, 0.25) is 11.8 Å². The summed E-state index contributed by atoms with van der Waals surface area (Å²) in [7, 11) is -2.79. The zero-order valence-corrected chi connectivity index (χ0v) is 24.4. The van der Waals surface area contributed by atoms with Crippen molar-refractivity contribution in [3.8, 4) is 5.75 Å². The Morgan fingerprint density at radius 2 is 1.62 bits per heavy atom. The van der Waals surface area contributed by atoms with Crippen LogP contribution < -0.4 is 14.4 Å². The number of benzene rings is 3. The Kier molecular flexibility index (Phi) is 10.5. The number of amides is 2. The molecule has 8 nitrogen and oxygen atoms in total. The molecule has 3 rings (SSSR count). The van der Waals surface area contributed by atoms with Crippen LogP contribution in [0.25, 0.3) is 0 Å². The van der Waals surface area contributed by atoms with Crippen molar-refractivity contribution < 1.29 is 27.1 Å². The van der Waals surface area contributed by atoms with Gasteiger partial charge in [-0.05, 0) is 74.9 Å².